The quantitative estimate of drug-likeness (QED) is 0.224. The second-order valence-corrected chi connectivity index (χ2v) is 9.43. The molecule has 3 aromatic carbocycles. The number of ketones is 1. The van der Waals surface area contributed by atoms with Crippen LogP contribution in [-0.2, 0) is 9.59 Å². The number of benzene rings is 3. The number of carbonyl (C=O) groups is 3. The van der Waals surface area contributed by atoms with E-state index in [4.69, 9.17) is 11.6 Å². The van der Waals surface area contributed by atoms with Crippen LogP contribution in [0.15, 0.2) is 79.0 Å². The number of Topliss-reactive ketones (excluding diaryl/α,β-unsaturated/α-hetero) is 1. The third kappa shape index (κ3) is 3.18. The molecule has 6 rings (SSSR count). The number of hydrogen-bond acceptors (Lipinski definition) is 6. The Morgan fingerprint density at radius 1 is 0.917 bits per heavy atom. The summed E-state index contributed by atoms with van der Waals surface area (Å²) < 4.78 is 0. The van der Waals surface area contributed by atoms with Gasteiger partial charge in [0.2, 0.25) is 11.8 Å². The molecule has 178 valence electrons. The number of rotatable bonds is 4. The minimum Gasteiger partial charge on any atom is -0.358 e. The molecule has 9 heteroatoms. The smallest absolute Gasteiger partial charge is 0.270 e. The predicted octanol–water partition coefficient (Wildman–Crippen LogP) is 4.65. The van der Waals surface area contributed by atoms with Gasteiger partial charge in [0.15, 0.2) is 5.78 Å². The molecule has 2 fully saturated rings. The van der Waals surface area contributed by atoms with Crippen LogP contribution < -0.4 is 4.90 Å². The molecule has 3 aromatic rings. The first kappa shape index (κ1) is 22.2. The van der Waals surface area contributed by atoms with E-state index in [1.165, 1.54) is 24.3 Å². The number of fused-ring (bicyclic) bond motifs is 5. The molecular formula is C27H18ClN3O5. The SMILES string of the molecule is O=C(c1cccc([N+](=O)[O-])c1)[C@H]1[C@H]2C(=O)N(c3ccc(Cl)cc3)C(=O)[C@@H]2[C@H]2c3ccccc3C=CN21. The van der Waals surface area contributed by atoms with Crippen molar-refractivity contribution in [3.05, 3.63) is 111 Å². The monoisotopic (exact) mass is 499 g/mol. The van der Waals surface area contributed by atoms with Crippen molar-refractivity contribution in [1.82, 2.24) is 4.90 Å². The summed E-state index contributed by atoms with van der Waals surface area (Å²) in [5.41, 5.74) is 2.04. The summed E-state index contributed by atoms with van der Waals surface area (Å²) >= 11 is 6.01. The fourth-order valence-corrected chi connectivity index (χ4v) is 5.77. The number of halogens is 1. The first-order chi connectivity index (χ1) is 17.4. The summed E-state index contributed by atoms with van der Waals surface area (Å²) in [5.74, 6) is -3.06. The predicted molar refractivity (Wildman–Crippen MR) is 132 cm³/mol. The highest BCUT2D eigenvalue weighted by atomic mass is 35.5. The summed E-state index contributed by atoms with van der Waals surface area (Å²) in [6, 6.07) is 17.9. The fourth-order valence-electron chi connectivity index (χ4n) is 5.65. The van der Waals surface area contributed by atoms with Gasteiger partial charge in [-0.3, -0.25) is 24.5 Å². The Morgan fingerprint density at radius 2 is 1.64 bits per heavy atom. The van der Waals surface area contributed by atoms with Gasteiger partial charge in [0.05, 0.1) is 28.5 Å². The van der Waals surface area contributed by atoms with E-state index in [-0.39, 0.29) is 17.2 Å². The molecule has 0 N–H and O–H groups in total. The molecule has 3 aliphatic rings. The lowest BCUT2D eigenvalue weighted by Crippen LogP contribution is -2.44. The number of nitro groups is 1. The Hall–Kier alpha value is -4.30. The van der Waals surface area contributed by atoms with Crippen LogP contribution in [0.4, 0.5) is 11.4 Å². The van der Waals surface area contributed by atoms with Gasteiger partial charge >= 0.3 is 0 Å². The average molecular weight is 500 g/mol. The Labute approximate surface area is 210 Å². The Morgan fingerprint density at radius 3 is 2.39 bits per heavy atom. The van der Waals surface area contributed by atoms with E-state index in [0.29, 0.717) is 10.7 Å². The van der Waals surface area contributed by atoms with Gasteiger partial charge in [-0.1, -0.05) is 48.0 Å². The topological polar surface area (TPSA) is 101 Å². The van der Waals surface area contributed by atoms with E-state index < -0.39 is 40.5 Å². The molecule has 0 aliphatic carbocycles. The fraction of sp³-hybridized carbons (Fsp3) is 0.148. The molecule has 4 atom stereocenters. The van der Waals surface area contributed by atoms with Gasteiger partial charge < -0.3 is 4.90 Å². The van der Waals surface area contributed by atoms with Crippen molar-refractivity contribution < 1.29 is 19.3 Å². The van der Waals surface area contributed by atoms with Crippen molar-refractivity contribution in [3.63, 3.8) is 0 Å². The zero-order chi connectivity index (χ0) is 25.1. The maximum atomic E-state index is 13.9. The summed E-state index contributed by atoms with van der Waals surface area (Å²) in [4.78, 5) is 55.2. The highest BCUT2D eigenvalue weighted by Crippen LogP contribution is 2.53. The third-order valence-electron chi connectivity index (χ3n) is 7.16. The van der Waals surface area contributed by atoms with E-state index in [0.717, 1.165) is 16.0 Å². The summed E-state index contributed by atoms with van der Waals surface area (Å²) in [7, 11) is 0. The van der Waals surface area contributed by atoms with Crippen molar-refractivity contribution in [2.75, 3.05) is 4.90 Å². The van der Waals surface area contributed by atoms with E-state index in [1.54, 1.807) is 35.4 Å². The number of imide groups is 1. The zero-order valence-corrected chi connectivity index (χ0v) is 19.4. The van der Waals surface area contributed by atoms with Gasteiger partial charge in [-0.05, 0) is 41.5 Å². The lowest BCUT2D eigenvalue weighted by molar-refractivity contribution is -0.384. The summed E-state index contributed by atoms with van der Waals surface area (Å²) in [6.07, 6.45) is 3.60. The Balaban J connectivity index is 1.49. The van der Waals surface area contributed by atoms with Gasteiger partial charge in [-0.15, -0.1) is 0 Å². The number of hydrogen-bond donors (Lipinski definition) is 0. The van der Waals surface area contributed by atoms with Gasteiger partial charge in [0.25, 0.3) is 5.69 Å². The molecule has 2 saturated heterocycles. The number of amides is 2. The van der Waals surface area contributed by atoms with Crippen molar-refractivity contribution >= 4 is 46.6 Å². The van der Waals surface area contributed by atoms with Gasteiger partial charge in [0.1, 0.15) is 6.04 Å². The highest BCUT2D eigenvalue weighted by Gasteiger charge is 2.64. The van der Waals surface area contributed by atoms with Gasteiger partial charge in [0, 0.05) is 28.9 Å². The van der Waals surface area contributed by atoms with Crippen molar-refractivity contribution in [2.45, 2.75) is 12.1 Å². The molecule has 36 heavy (non-hydrogen) atoms. The minimum absolute atomic E-state index is 0.117. The molecule has 0 saturated carbocycles. The van der Waals surface area contributed by atoms with Crippen LogP contribution >= 0.6 is 11.6 Å². The average Bonchev–Trinajstić information content (AvgIpc) is 3.37. The largest absolute Gasteiger partial charge is 0.358 e. The number of nitro benzene ring substituents is 1. The number of nitrogens with zero attached hydrogens (tertiary/aromatic N) is 3. The van der Waals surface area contributed by atoms with E-state index in [1.807, 2.05) is 30.3 Å². The van der Waals surface area contributed by atoms with Crippen LogP contribution in [0.3, 0.4) is 0 Å². The van der Waals surface area contributed by atoms with Gasteiger partial charge in [-0.2, -0.15) is 0 Å². The zero-order valence-electron chi connectivity index (χ0n) is 18.7. The summed E-state index contributed by atoms with van der Waals surface area (Å²) in [5, 5.41) is 11.8. The van der Waals surface area contributed by atoms with E-state index in [9.17, 15) is 24.5 Å². The summed E-state index contributed by atoms with van der Waals surface area (Å²) in [6.45, 7) is 0. The molecule has 8 nitrogen and oxygen atoms in total. The first-order valence-electron chi connectivity index (χ1n) is 11.3. The Kier molecular flexibility index (Phi) is 5.01. The molecule has 3 aliphatic heterocycles. The molecule has 0 aromatic heterocycles. The normalized spacial score (nSPS) is 23.9. The molecule has 2 amide bonds. The molecule has 0 bridgehead atoms. The first-order valence-corrected chi connectivity index (χ1v) is 11.7. The molecule has 3 heterocycles. The van der Waals surface area contributed by atoms with Crippen molar-refractivity contribution in [3.8, 4) is 0 Å². The second kappa shape index (κ2) is 8.13. The second-order valence-electron chi connectivity index (χ2n) is 8.99. The molecule has 0 radical (unpaired) electrons. The molecular weight excluding hydrogens is 482 g/mol. The number of carbonyl (C=O) groups excluding carboxylic acids is 3. The van der Waals surface area contributed by atoms with Crippen molar-refractivity contribution in [2.24, 2.45) is 11.8 Å². The van der Waals surface area contributed by atoms with Crippen LogP contribution in [0, 0.1) is 22.0 Å². The van der Waals surface area contributed by atoms with Crippen LogP contribution in [0.2, 0.25) is 5.02 Å². The number of non-ortho nitro benzene ring substituents is 1. The van der Waals surface area contributed by atoms with Crippen LogP contribution in [0.25, 0.3) is 6.08 Å². The van der Waals surface area contributed by atoms with Crippen molar-refractivity contribution in [1.29, 1.82) is 0 Å². The van der Waals surface area contributed by atoms with E-state index in [2.05, 4.69) is 0 Å². The van der Waals surface area contributed by atoms with Gasteiger partial charge in [-0.25, -0.2) is 4.90 Å². The van der Waals surface area contributed by atoms with Crippen LogP contribution in [0.5, 0.6) is 0 Å². The van der Waals surface area contributed by atoms with E-state index >= 15 is 0 Å². The Bertz CT molecular complexity index is 1480. The standard InChI is InChI=1S/C27H18ClN3O5/c28-17-8-10-18(11-9-17)30-26(33)21-22(27(30)34)24(25(32)16-5-3-6-19(14-16)31(35)36)29-13-12-15-4-1-2-7-20(15)23(21)29/h1-14,21-24H/t21-,22-,23+,24+/m0/s1. The maximum absolute atomic E-state index is 13.9. The number of anilines is 1. The minimum atomic E-state index is -1.000. The maximum Gasteiger partial charge on any atom is 0.270 e. The van der Waals surface area contributed by atoms with Crippen LogP contribution in [-0.4, -0.2) is 33.5 Å². The highest BCUT2D eigenvalue weighted by molar-refractivity contribution is 6.31. The molecule has 0 unspecified atom stereocenters. The molecule has 0 spiro atoms. The van der Waals surface area contributed by atoms with Crippen LogP contribution in [0.1, 0.15) is 27.5 Å². The third-order valence-corrected chi connectivity index (χ3v) is 7.41. The lowest BCUT2D eigenvalue weighted by Gasteiger charge is -2.35. The lowest BCUT2D eigenvalue weighted by atomic mass is 9.83.